The van der Waals surface area contributed by atoms with Crippen molar-refractivity contribution in [2.45, 2.75) is 26.2 Å². The first kappa shape index (κ1) is 16.2. The largest absolute Gasteiger partial charge is 0.383 e. The summed E-state index contributed by atoms with van der Waals surface area (Å²) in [6.07, 6.45) is 8.96. The number of anilines is 2. The second-order valence-corrected chi connectivity index (χ2v) is 5.92. The van der Waals surface area contributed by atoms with Gasteiger partial charge in [0.2, 0.25) is 5.78 Å². The van der Waals surface area contributed by atoms with Gasteiger partial charge in [-0.2, -0.15) is 0 Å². The number of hydrogen-bond acceptors (Lipinski definition) is 5. The van der Waals surface area contributed by atoms with E-state index in [0.29, 0.717) is 11.3 Å². The minimum atomic E-state index is -0.187. The number of rotatable bonds is 4. The van der Waals surface area contributed by atoms with Gasteiger partial charge in [0.05, 0.1) is 5.56 Å². The molecule has 0 bridgehead atoms. The standard InChI is InChI=1S/C19H22N4O/c1-2-7-14-9-10-16(23-12-4-3-5-13-23)22-17(14)18(24)15-8-6-11-21-19(15)20/h2,6-11H,3-5,12-13H2,1H3,(H2,20,21)/b7-2-. The van der Waals surface area contributed by atoms with Crippen LogP contribution in [0, 0.1) is 0 Å². The molecule has 3 heterocycles. The van der Waals surface area contributed by atoms with Gasteiger partial charge in [-0.25, -0.2) is 9.97 Å². The zero-order chi connectivity index (χ0) is 16.9. The van der Waals surface area contributed by atoms with E-state index in [1.165, 1.54) is 6.42 Å². The van der Waals surface area contributed by atoms with E-state index < -0.39 is 0 Å². The van der Waals surface area contributed by atoms with Crippen molar-refractivity contribution < 1.29 is 4.79 Å². The van der Waals surface area contributed by atoms with E-state index in [0.717, 1.165) is 37.3 Å². The summed E-state index contributed by atoms with van der Waals surface area (Å²) in [6.45, 7) is 3.89. The molecule has 0 unspecified atom stereocenters. The van der Waals surface area contributed by atoms with Gasteiger partial charge in [0.25, 0.3) is 0 Å². The fraction of sp³-hybridized carbons (Fsp3) is 0.316. The molecule has 3 rings (SSSR count). The number of carbonyl (C=O) groups excluding carboxylic acids is 1. The summed E-state index contributed by atoms with van der Waals surface area (Å²) in [6, 6.07) is 7.35. The Morgan fingerprint density at radius 1 is 1.21 bits per heavy atom. The minimum Gasteiger partial charge on any atom is -0.383 e. The molecular weight excluding hydrogens is 300 g/mol. The number of nitrogen functional groups attached to an aromatic ring is 1. The predicted molar refractivity (Wildman–Crippen MR) is 97.1 cm³/mol. The van der Waals surface area contributed by atoms with Gasteiger partial charge in [0.1, 0.15) is 17.3 Å². The molecule has 0 atom stereocenters. The van der Waals surface area contributed by atoms with E-state index >= 15 is 0 Å². The lowest BCUT2D eigenvalue weighted by Gasteiger charge is -2.28. The Balaban J connectivity index is 2.03. The fourth-order valence-electron chi connectivity index (χ4n) is 2.99. The number of hydrogen-bond donors (Lipinski definition) is 1. The Hall–Kier alpha value is -2.69. The number of pyridine rings is 2. The van der Waals surface area contributed by atoms with Crippen LogP contribution in [0.3, 0.4) is 0 Å². The highest BCUT2D eigenvalue weighted by molar-refractivity contribution is 6.12. The van der Waals surface area contributed by atoms with Crippen LogP contribution in [0.4, 0.5) is 11.6 Å². The van der Waals surface area contributed by atoms with E-state index in [1.54, 1.807) is 18.3 Å². The summed E-state index contributed by atoms with van der Waals surface area (Å²) < 4.78 is 0. The van der Waals surface area contributed by atoms with Crippen LogP contribution in [0.1, 0.15) is 47.8 Å². The van der Waals surface area contributed by atoms with E-state index in [9.17, 15) is 4.79 Å². The third-order valence-corrected chi connectivity index (χ3v) is 4.24. The quantitative estimate of drug-likeness (QED) is 0.874. The Morgan fingerprint density at radius 2 is 2.00 bits per heavy atom. The SMILES string of the molecule is C/C=C\c1ccc(N2CCCCC2)nc1C(=O)c1cccnc1N. The lowest BCUT2D eigenvalue weighted by Crippen LogP contribution is -2.30. The predicted octanol–water partition coefficient (Wildman–Crippen LogP) is 3.31. The van der Waals surface area contributed by atoms with Crippen LogP contribution in [0.15, 0.2) is 36.5 Å². The summed E-state index contributed by atoms with van der Waals surface area (Å²) in [5.41, 5.74) is 7.49. The summed E-state index contributed by atoms with van der Waals surface area (Å²) >= 11 is 0. The monoisotopic (exact) mass is 322 g/mol. The average molecular weight is 322 g/mol. The zero-order valence-corrected chi connectivity index (χ0v) is 13.9. The van der Waals surface area contributed by atoms with Crippen LogP contribution < -0.4 is 10.6 Å². The first-order valence-electron chi connectivity index (χ1n) is 8.34. The normalized spacial score (nSPS) is 15.0. The molecule has 5 heteroatoms. The molecular formula is C19H22N4O. The molecule has 124 valence electrons. The van der Waals surface area contributed by atoms with E-state index in [-0.39, 0.29) is 11.6 Å². The molecule has 2 aromatic heterocycles. The zero-order valence-electron chi connectivity index (χ0n) is 13.9. The van der Waals surface area contributed by atoms with Gasteiger partial charge in [0, 0.05) is 24.8 Å². The molecule has 0 saturated carbocycles. The topological polar surface area (TPSA) is 72.1 Å². The molecule has 0 aliphatic carbocycles. The van der Waals surface area contributed by atoms with Gasteiger partial charge in [0.15, 0.2) is 0 Å². The first-order chi connectivity index (χ1) is 11.7. The van der Waals surface area contributed by atoms with E-state index in [1.807, 2.05) is 31.2 Å². The van der Waals surface area contributed by atoms with E-state index in [4.69, 9.17) is 5.73 Å². The number of piperidine rings is 1. The molecule has 0 radical (unpaired) electrons. The number of aromatic nitrogens is 2. The fourth-order valence-corrected chi connectivity index (χ4v) is 2.99. The first-order valence-corrected chi connectivity index (χ1v) is 8.34. The van der Waals surface area contributed by atoms with Crippen LogP contribution >= 0.6 is 0 Å². The highest BCUT2D eigenvalue weighted by Crippen LogP contribution is 2.23. The van der Waals surface area contributed by atoms with Crippen LogP contribution in [-0.2, 0) is 0 Å². The molecule has 0 aromatic carbocycles. The van der Waals surface area contributed by atoms with Crippen molar-refractivity contribution in [3.05, 3.63) is 53.4 Å². The maximum absolute atomic E-state index is 13.0. The van der Waals surface area contributed by atoms with Crippen LogP contribution in [-0.4, -0.2) is 28.8 Å². The molecule has 2 N–H and O–H groups in total. The summed E-state index contributed by atoms with van der Waals surface area (Å²) in [4.78, 5) is 23.9. The van der Waals surface area contributed by atoms with Gasteiger partial charge in [-0.3, -0.25) is 4.79 Å². The lowest BCUT2D eigenvalue weighted by atomic mass is 10.0. The molecule has 0 amide bonds. The lowest BCUT2D eigenvalue weighted by molar-refractivity contribution is 0.103. The summed E-state index contributed by atoms with van der Waals surface area (Å²) in [7, 11) is 0. The van der Waals surface area contributed by atoms with Gasteiger partial charge in [-0.05, 0) is 50.5 Å². The Labute approximate surface area is 142 Å². The van der Waals surface area contributed by atoms with Crippen molar-refractivity contribution in [1.82, 2.24) is 9.97 Å². The molecule has 0 spiro atoms. The van der Waals surface area contributed by atoms with Crippen molar-refractivity contribution >= 4 is 23.5 Å². The van der Waals surface area contributed by atoms with Gasteiger partial charge in [-0.15, -0.1) is 0 Å². The number of allylic oxidation sites excluding steroid dienone is 1. The molecule has 1 aliphatic heterocycles. The molecule has 1 fully saturated rings. The summed E-state index contributed by atoms with van der Waals surface area (Å²) in [5.74, 6) is 0.903. The maximum atomic E-state index is 13.0. The highest BCUT2D eigenvalue weighted by atomic mass is 16.1. The van der Waals surface area contributed by atoms with Gasteiger partial charge >= 0.3 is 0 Å². The van der Waals surface area contributed by atoms with Gasteiger partial charge < -0.3 is 10.6 Å². The summed E-state index contributed by atoms with van der Waals surface area (Å²) in [5, 5.41) is 0. The molecule has 1 saturated heterocycles. The third-order valence-electron chi connectivity index (χ3n) is 4.24. The minimum absolute atomic E-state index is 0.187. The Kier molecular flexibility index (Phi) is 4.89. The maximum Gasteiger partial charge on any atom is 0.215 e. The van der Waals surface area contributed by atoms with Crippen molar-refractivity contribution in [2.24, 2.45) is 0 Å². The number of carbonyl (C=O) groups is 1. The van der Waals surface area contributed by atoms with Crippen molar-refractivity contribution in [3.63, 3.8) is 0 Å². The smallest absolute Gasteiger partial charge is 0.215 e. The second-order valence-electron chi connectivity index (χ2n) is 5.92. The molecule has 2 aromatic rings. The van der Waals surface area contributed by atoms with Crippen LogP contribution in [0.25, 0.3) is 6.08 Å². The average Bonchev–Trinajstić information content (AvgIpc) is 2.63. The van der Waals surface area contributed by atoms with Crippen LogP contribution in [0.2, 0.25) is 0 Å². The van der Waals surface area contributed by atoms with Gasteiger partial charge in [-0.1, -0.05) is 12.2 Å². The number of nitrogens with zero attached hydrogens (tertiary/aromatic N) is 3. The number of ketones is 1. The Morgan fingerprint density at radius 3 is 2.71 bits per heavy atom. The third kappa shape index (κ3) is 3.30. The molecule has 5 nitrogen and oxygen atoms in total. The number of nitrogens with two attached hydrogens (primary N) is 1. The van der Waals surface area contributed by atoms with Crippen molar-refractivity contribution in [1.29, 1.82) is 0 Å². The van der Waals surface area contributed by atoms with Crippen LogP contribution in [0.5, 0.6) is 0 Å². The molecule has 24 heavy (non-hydrogen) atoms. The molecule has 1 aliphatic rings. The van der Waals surface area contributed by atoms with Crippen molar-refractivity contribution in [3.8, 4) is 0 Å². The second kappa shape index (κ2) is 7.25. The van der Waals surface area contributed by atoms with Crippen molar-refractivity contribution in [2.75, 3.05) is 23.7 Å². The Bertz CT molecular complexity index is 764. The highest BCUT2D eigenvalue weighted by Gasteiger charge is 2.20. The van der Waals surface area contributed by atoms with E-state index in [2.05, 4.69) is 14.9 Å².